The van der Waals surface area contributed by atoms with Crippen molar-refractivity contribution in [3.63, 3.8) is 0 Å². The van der Waals surface area contributed by atoms with Crippen LogP contribution < -0.4 is 25.0 Å². The molecule has 0 atom stereocenters. The minimum Gasteiger partial charge on any atom is -0.493 e. The second-order valence-corrected chi connectivity index (χ2v) is 7.64. The van der Waals surface area contributed by atoms with Gasteiger partial charge in [0, 0.05) is 30.9 Å². The lowest BCUT2D eigenvalue weighted by Crippen LogP contribution is -2.16. The van der Waals surface area contributed by atoms with E-state index in [9.17, 15) is 14.0 Å². The molecule has 9 heteroatoms. The number of nitrogens with zero attached hydrogens (tertiary/aromatic N) is 1. The van der Waals surface area contributed by atoms with Crippen LogP contribution >= 0.6 is 11.6 Å². The van der Waals surface area contributed by atoms with Gasteiger partial charge in [-0.3, -0.25) is 9.59 Å². The zero-order chi connectivity index (χ0) is 24.1. The highest BCUT2D eigenvalue weighted by molar-refractivity contribution is 6.34. The summed E-state index contributed by atoms with van der Waals surface area (Å²) in [6, 6.07) is 13.8. The average molecular weight is 472 g/mol. The minimum atomic E-state index is -0.735. The number of hydrogen-bond donors (Lipinski definition) is 2. The van der Waals surface area contributed by atoms with Crippen molar-refractivity contribution in [2.24, 2.45) is 0 Å². The van der Waals surface area contributed by atoms with Crippen molar-refractivity contribution in [1.29, 1.82) is 0 Å². The molecule has 0 aliphatic rings. The third-order valence-corrected chi connectivity index (χ3v) is 5.14. The number of hydrogen-bond acceptors (Lipinski definition) is 5. The summed E-state index contributed by atoms with van der Waals surface area (Å²) in [6.45, 7) is 0. The first-order chi connectivity index (χ1) is 15.7. The lowest BCUT2D eigenvalue weighted by atomic mass is 10.1. The fourth-order valence-electron chi connectivity index (χ4n) is 3.03. The van der Waals surface area contributed by atoms with E-state index >= 15 is 0 Å². The Labute approximate surface area is 196 Å². The second-order valence-electron chi connectivity index (χ2n) is 7.23. The van der Waals surface area contributed by atoms with Crippen molar-refractivity contribution < 1.29 is 23.5 Å². The van der Waals surface area contributed by atoms with Gasteiger partial charge in [-0.25, -0.2) is 4.39 Å². The standard InChI is InChI=1S/C24H23ClFN3O4/c1-29(2)16-7-5-6-14(10-16)23(30)28-20-13-19(17(25)12-18(20)26)27-24(31)15-8-9-21(32-3)22(11-15)33-4/h5-13H,1-4H3,(H,27,31)(H,28,30). The molecule has 3 aromatic carbocycles. The molecule has 0 bridgehead atoms. The number of ether oxygens (including phenoxy) is 2. The Morgan fingerprint density at radius 3 is 2.12 bits per heavy atom. The first-order valence-electron chi connectivity index (χ1n) is 9.84. The van der Waals surface area contributed by atoms with Crippen molar-refractivity contribution in [1.82, 2.24) is 0 Å². The van der Waals surface area contributed by atoms with Crippen LogP contribution in [0.4, 0.5) is 21.5 Å². The molecule has 0 aliphatic carbocycles. The van der Waals surface area contributed by atoms with E-state index < -0.39 is 17.6 Å². The van der Waals surface area contributed by atoms with Gasteiger partial charge < -0.3 is 25.0 Å². The zero-order valence-electron chi connectivity index (χ0n) is 18.5. The van der Waals surface area contributed by atoms with Crippen LogP contribution in [0.5, 0.6) is 11.5 Å². The SMILES string of the molecule is COc1ccc(C(=O)Nc2cc(NC(=O)c3cccc(N(C)C)c3)c(F)cc2Cl)cc1OC. The Morgan fingerprint density at radius 2 is 1.48 bits per heavy atom. The third kappa shape index (κ3) is 5.53. The van der Waals surface area contributed by atoms with Crippen LogP contribution in [-0.2, 0) is 0 Å². The van der Waals surface area contributed by atoms with E-state index in [0.717, 1.165) is 11.8 Å². The number of rotatable bonds is 7. The molecule has 3 aromatic rings. The molecule has 172 valence electrons. The lowest BCUT2D eigenvalue weighted by Gasteiger charge is -2.15. The minimum absolute atomic E-state index is 0.0195. The predicted molar refractivity (Wildman–Crippen MR) is 128 cm³/mol. The van der Waals surface area contributed by atoms with Crippen LogP contribution in [0.2, 0.25) is 5.02 Å². The maximum atomic E-state index is 14.5. The van der Waals surface area contributed by atoms with Crippen LogP contribution in [0.3, 0.4) is 0 Å². The van der Waals surface area contributed by atoms with E-state index in [4.69, 9.17) is 21.1 Å². The largest absolute Gasteiger partial charge is 0.493 e. The van der Waals surface area contributed by atoms with Gasteiger partial charge in [0.05, 0.1) is 30.6 Å². The number of nitrogens with one attached hydrogen (secondary N) is 2. The van der Waals surface area contributed by atoms with Gasteiger partial charge in [-0.15, -0.1) is 0 Å². The fourth-order valence-corrected chi connectivity index (χ4v) is 3.23. The van der Waals surface area contributed by atoms with Gasteiger partial charge in [-0.2, -0.15) is 0 Å². The van der Waals surface area contributed by atoms with E-state index in [1.807, 2.05) is 25.1 Å². The number of benzene rings is 3. The van der Waals surface area contributed by atoms with Crippen molar-refractivity contribution in [2.45, 2.75) is 0 Å². The van der Waals surface area contributed by atoms with Gasteiger partial charge in [0.1, 0.15) is 5.82 Å². The Hall–Kier alpha value is -3.78. The molecule has 0 aliphatic heterocycles. The number of halogens is 2. The van der Waals surface area contributed by atoms with Crippen LogP contribution in [-0.4, -0.2) is 40.1 Å². The summed E-state index contributed by atoms with van der Waals surface area (Å²) >= 11 is 6.13. The molecule has 2 amide bonds. The average Bonchev–Trinajstić information content (AvgIpc) is 2.81. The van der Waals surface area contributed by atoms with Crippen molar-refractivity contribution in [3.05, 3.63) is 76.6 Å². The molecule has 33 heavy (non-hydrogen) atoms. The Bertz CT molecular complexity index is 1200. The maximum absolute atomic E-state index is 14.5. The molecule has 0 saturated heterocycles. The van der Waals surface area contributed by atoms with Crippen molar-refractivity contribution in [3.8, 4) is 11.5 Å². The highest BCUT2D eigenvalue weighted by atomic mass is 35.5. The Kier molecular flexibility index (Phi) is 7.40. The quantitative estimate of drug-likeness (QED) is 0.503. The predicted octanol–water partition coefficient (Wildman–Crippen LogP) is 5.07. The molecule has 0 saturated carbocycles. The topological polar surface area (TPSA) is 79.9 Å². The van der Waals surface area contributed by atoms with E-state index in [-0.39, 0.29) is 22.0 Å². The Balaban J connectivity index is 1.83. The molecule has 0 aromatic heterocycles. The van der Waals surface area contributed by atoms with Crippen LogP contribution in [0.15, 0.2) is 54.6 Å². The molecule has 7 nitrogen and oxygen atoms in total. The fraction of sp³-hybridized carbons (Fsp3) is 0.167. The van der Waals surface area contributed by atoms with E-state index in [0.29, 0.717) is 17.1 Å². The summed E-state index contributed by atoms with van der Waals surface area (Å²) in [7, 11) is 6.65. The number of anilines is 3. The molecule has 0 heterocycles. The highest BCUT2D eigenvalue weighted by Crippen LogP contribution is 2.31. The summed E-state index contributed by atoms with van der Waals surface area (Å²) in [4.78, 5) is 27.2. The second kappa shape index (κ2) is 10.2. The summed E-state index contributed by atoms with van der Waals surface area (Å²) in [6.07, 6.45) is 0. The number of amides is 2. The number of carbonyl (C=O) groups is 2. The van der Waals surface area contributed by atoms with Crippen molar-refractivity contribution >= 4 is 40.5 Å². The van der Waals surface area contributed by atoms with Gasteiger partial charge in [-0.1, -0.05) is 17.7 Å². The first-order valence-corrected chi connectivity index (χ1v) is 10.2. The van der Waals surface area contributed by atoms with Crippen LogP contribution in [0.1, 0.15) is 20.7 Å². The van der Waals surface area contributed by atoms with Crippen LogP contribution in [0, 0.1) is 5.82 Å². The van der Waals surface area contributed by atoms with Gasteiger partial charge in [0.2, 0.25) is 0 Å². The van der Waals surface area contributed by atoms with E-state index in [1.165, 1.54) is 26.4 Å². The Morgan fingerprint density at radius 1 is 0.848 bits per heavy atom. The molecular weight excluding hydrogens is 449 g/mol. The van der Waals surface area contributed by atoms with E-state index in [2.05, 4.69) is 10.6 Å². The number of carbonyl (C=O) groups excluding carboxylic acids is 2. The summed E-state index contributed by atoms with van der Waals surface area (Å²) in [5.74, 6) is -0.890. The molecular formula is C24H23ClFN3O4. The third-order valence-electron chi connectivity index (χ3n) is 4.82. The number of methoxy groups -OCH3 is 2. The summed E-state index contributed by atoms with van der Waals surface area (Å²) < 4.78 is 24.9. The monoisotopic (exact) mass is 471 g/mol. The molecule has 3 rings (SSSR count). The van der Waals surface area contributed by atoms with E-state index in [1.54, 1.807) is 30.3 Å². The van der Waals surface area contributed by atoms with Gasteiger partial charge in [0.25, 0.3) is 11.8 Å². The molecule has 0 spiro atoms. The van der Waals surface area contributed by atoms with Crippen molar-refractivity contribution in [2.75, 3.05) is 43.8 Å². The first kappa shape index (κ1) is 23.9. The zero-order valence-corrected chi connectivity index (χ0v) is 19.3. The lowest BCUT2D eigenvalue weighted by molar-refractivity contribution is 0.101. The van der Waals surface area contributed by atoms with Crippen LogP contribution in [0.25, 0.3) is 0 Å². The van der Waals surface area contributed by atoms with Gasteiger partial charge in [-0.05, 0) is 48.5 Å². The normalized spacial score (nSPS) is 10.4. The van der Waals surface area contributed by atoms with Gasteiger partial charge >= 0.3 is 0 Å². The summed E-state index contributed by atoms with van der Waals surface area (Å²) in [5, 5.41) is 5.14. The molecule has 0 radical (unpaired) electrons. The summed E-state index contributed by atoms with van der Waals surface area (Å²) in [5.41, 5.74) is 1.46. The molecule has 0 fully saturated rings. The van der Waals surface area contributed by atoms with Gasteiger partial charge in [0.15, 0.2) is 11.5 Å². The molecule has 2 N–H and O–H groups in total. The maximum Gasteiger partial charge on any atom is 0.255 e. The molecule has 0 unspecified atom stereocenters. The highest BCUT2D eigenvalue weighted by Gasteiger charge is 2.17. The smallest absolute Gasteiger partial charge is 0.255 e.